The smallest absolute Gasteiger partial charge is 0.150 e. The first kappa shape index (κ1) is 18.9. The fourth-order valence-electron chi connectivity index (χ4n) is 3.15. The molecule has 4 aromatic rings. The molecule has 0 atom stereocenters. The predicted molar refractivity (Wildman–Crippen MR) is 115 cm³/mol. The lowest BCUT2D eigenvalue weighted by Gasteiger charge is -2.08. The third-order valence-corrected chi connectivity index (χ3v) is 5.71. The highest BCUT2D eigenvalue weighted by Crippen LogP contribution is 2.39. The zero-order valence-electron chi connectivity index (χ0n) is 15.8. The van der Waals surface area contributed by atoms with Crippen LogP contribution in [0.15, 0.2) is 54.9 Å². The van der Waals surface area contributed by atoms with Crippen molar-refractivity contribution in [1.29, 1.82) is 0 Å². The lowest BCUT2D eigenvalue weighted by molar-refractivity contribution is 0.112. The van der Waals surface area contributed by atoms with Crippen LogP contribution in [-0.2, 0) is 6.42 Å². The van der Waals surface area contributed by atoms with E-state index in [1.165, 1.54) is 6.33 Å². The van der Waals surface area contributed by atoms with Crippen molar-refractivity contribution in [3.05, 3.63) is 66.0 Å². The van der Waals surface area contributed by atoms with Crippen LogP contribution in [0.2, 0.25) is 0 Å². The van der Waals surface area contributed by atoms with Gasteiger partial charge in [0.15, 0.2) is 0 Å². The third-order valence-electron chi connectivity index (χ3n) is 4.63. The molecule has 0 amide bonds. The molecule has 6 nitrogen and oxygen atoms in total. The molecular formula is C22H19N3O3S. The van der Waals surface area contributed by atoms with Crippen LogP contribution >= 0.6 is 11.3 Å². The molecule has 0 spiro atoms. The maximum atomic E-state index is 11.0. The fraction of sp³-hybridized carbons (Fsp3) is 0.136. The third kappa shape index (κ3) is 3.90. The molecule has 2 N–H and O–H groups in total. The Morgan fingerprint density at radius 2 is 2.03 bits per heavy atom. The molecule has 2 aromatic carbocycles. The number of hydrogen-bond acceptors (Lipinski definition) is 7. The summed E-state index contributed by atoms with van der Waals surface area (Å²) in [7, 11) is 1.59. The Balaban J connectivity index is 1.61. The maximum Gasteiger partial charge on any atom is 0.150 e. The van der Waals surface area contributed by atoms with Crippen LogP contribution in [0.3, 0.4) is 0 Å². The number of benzene rings is 2. The molecule has 7 heteroatoms. The Morgan fingerprint density at radius 3 is 2.83 bits per heavy atom. The number of ether oxygens (including phenoxy) is 1. The fourth-order valence-corrected chi connectivity index (χ4v) is 4.18. The monoisotopic (exact) mass is 405 g/mol. The van der Waals surface area contributed by atoms with Crippen molar-refractivity contribution in [3.63, 3.8) is 0 Å². The largest absolute Gasteiger partial charge is 0.508 e. The van der Waals surface area contributed by atoms with Gasteiger partial charge >= 0.3 is 0 Å². The average Bonchev–Trinajstić information content (AvgIpc) is 3.19. The van der Waals surface area contributed by atoms with Crippen molar-refractivity contribution < 1.29 is 14.6 Å². The number of phenolic OH excluding ortho intramolecular Hbond substituents is 1. The van der Waals surface area contributed by atoms with Crippen LogP contribution in [0, 0.1) is 0 Å². The lowest BCUT2D eigenvalue weighted by Crippen LogP contribution is -2.06. The van der Waals surface area contributed by atoms with Crippen molar-refractivity contribution in [2.45, 2.75) is 6.42 Å². The van der Waals surface area contributed by atoms with E-state index in [0.29, 0.717) is 30.0 Å². The Kier molecular flexibility index (Phi) is 5.39. The maximum absolute atomic E-state index is 11.0. The van der Waals surface area contributed by atoms with Gasteiger partial charge in [-0.3, -0.25) is 4.79 Å². The summed E-state index contributed by atoms with van der Waals surface area (Å²) < 4.78 is 5.47. The van der Waals surface area contributed by atoms with E-state index in [2.05, 4.69) is 15.3 Å². The summed E-state index contributed by atoms with van der Waals surface area (Å²) in [5.41, 5.74) is 2.36. The number of para-hydroxylation sites is 1. The number of aromatic hydroxyl groups is 1. The van der Waals surface area contributed by atoms with E-state index < -0.39 is 0 Å². The summed E-state index contributed by atoms with van der Waals surface area (Å²) in [6.07, 6.45) is 3.02. The SMILES string of the molecule is COc1cc(C=O)ccc1-c1cc2c(NCCc3ccccc3O)ncnc2s1. The van der Waals surface area contributed by atoms with Gasteiger partial charge in [-0.2, -0.15) is 0 Å². The van der Waals surface area contributed by atoms with Gasteiger partial charge in [0.25, 0.3) is 0 Å². The number of nitrogens with one attached hydrogen (secondary N) is 1. The number of fused-ring (bicyclic) bond motifs is 1. The van der Waals surface area contributed by atoms with Crippen molar-refractivity contribution in [2.24, 2.45) is 0 Å². The normalized spacial score (nSPS) is 10.8. The van der Waals surface area contributed by atoms with E-state index in [4.69, 9.17) is 4.74 Å². The molecule has 2 aromatic heterocycles. The molecule has 0 aliphatic carbocycles. The number of nitrogens with zero attached hydrogens (tertiary/aromatic N) is 2. The Hall–Kier alpha value is -3.45. The topological polar surface area (TPSA) is 84.3 Å². The van der Waals surface area contributed by atoms with Crippen LogP contribution in [0.25, 0.3) is 20.7 Å². The first-order chi connectivity index (χ1) is 14.2. The van der Waals surface area contributed by atoms with E-state index in [1.807, 2.05) is 30.3 Å². The quantitative estimate of drug-likeness (QED) is 0.439. The molecule has 0 unspecified atom stereocenters. The number of hydrogen-bond donors (Lipinski definition) is 2. The molecule has 29 heavy (non-hydrogen) atoms. The van der Waals surface area contributed by atoms with Gasteiger partial charge in [0.05, 0.1) is 12.5 Å². The zero-order chi connectivity index (χ0) is 20.2. The molecular weight excluding hydrogens is 386 g/mol. The molecule has 0 aliphatic rings. The lowest BCUT2D eigenvalue weighted by atomic mass is 10.1. The van der Waals surface area contributed by atoms with Crippen molar-refractivity contribution in [2.75, 3.05) is 19.0 Å². The Morgan fingerprint density at radius 1 is 1.17 bits per heavy atom. The van der Waals surface area contributed by atoms with Crippen LogP contribution < -0.4 is 10.1 Å². The van der Waals surface area contributed by atoms with E-state index in [1.54, 1.807) is 36.6 Å². The molecule has 4 rings (SSSR count). The second kappa shape index (κ2) is 8.28. The van der Waals surface area contributed by atoms with Crippen molar-refractivity contribution >= 4 is 33.7 Å². The zero-order valence-corrected chi connectivity index (χ0v) is 16.6. The number of aromatic nitrogens is 2. The standard InChI is InChI=1S/C22H19N3O3S/c1-28-19-10-14(12-26)6-7-16(19)20-11-17-21(24-13-25-22(17)29-20)23-9-8-15-4-2-3-5-18(15)27/h2-7,10-13,27H,8-9H2,1H3,(H,23,24,25). The van der Waals surface area contributed by atoms with Crippen LogP contribution in [0.5, 0.6) is 11.5 Å². The van der Waals surface area contributed by atoms with Gasteiger partial charge in [0.2, 0.25) is 0 Å². The molecule has 0 bridgehead atoms. The van der Waals surface area contributed by atoms with Gasteiger partial charge < -0.3 is 15.2 Å². The van der Waals surface area contributed by atoms with E-state index >= 15 is 0 Å². The van der Waals surface area contributed by atoms with Gasteiger partial charge in [-0.05, 0) is 36.2 Å². The number of aldehydes is 1. The van der Waals surface area contributed by atoms with Crippen LogP contribution in [-0.4, -0.2) is 35.0 Å². The summed E-state index contributed by atoms with van der Waals surface area (Å²) in [4.78, 5) is 21.7. The number of anilines is 1. The van der Waals surface area contributed by atoms with Gasteiger partial charge in [-0.1, -0.05) is 24.3 Å². The van der Waals surface area contributed by atoms with E-state index in [-0.39, 0.29) is 0 Å². The molecule has 2 heterocycles. The minimum Gasteiger partial charge on any atom is -0.508 e. The van der Waals surface area contributed by atoms with E-state index in [9.17, 15) is 9.90 Å². The number of carbonyl (C=O) groups is 1. The molecule has 0 aliphatic heterocycles. The Labute approximate surface area is 171 Å². The first-order valence-corrected chi connectivity index (χ1v) is 9.90. The van der Waals surface area contributed by atoms with Crippen LogP contribution in [0.1, 0.15) is 15.9 Å². The molecule has 146 valence electrons. The average molecular weight is 405 g/mol. The van der Waals surface area contributed by atoms with E-state index in [0.717, 1.165) is 38.3 Å². The second-order valence-electron chi connectivity index (χ2n) is 6.43. The predicted octanol–water partition coefficient (Wildman–Crippen LogP) is 4.54. The van der Waals surface area contributed by atoms with Crippen LogP contribution in [0.4, 0.5) is 5.82 Å². The van der Waals surface area contributed by atoms with Gasteiger partial charge in [-0.15, -0.1) is 11.3 Å². The molecule has 0 saturated heterocycles. The summed E-state index contributed by atoms with van der Waals surface area (Å²) in [6.45, 7) is 0.631. The minimum absolute atomic E-state index is 0.297. The highest BCUT2D eigenvalue weighted by Gasteiger charge is 2.14. The number of phenols is 1. The molecule has 0 radical (unpaired) electrons. The van der Waals surface area contributed by atoms with Gasteiger partial charge in [-0.25, -0.2) is 9.97 Å². The Bertz CT molecular complexity index is 1170. The number of rotatable bonds is 7. The van der Waals surface area contributed by atoms with Crippen molar-refractivity contribution in [3.8, 4) is 21.9 Å². The first-order valence-electron chi connectivity index (χ1n) is 9.08. The van der Waals surface area contributed by atoms with Crippen molar-refractivity contribution in [1.82, 2.24) is 9.97 Å². The highest BCUT2D eigenvalue weighted by molar-refractivity contribution is 7.22. The number of thiophene rings is 1. The molecule has 0 saturated carbocycles. The van der Waals surface area contributed by atoms with Gasteiger partial charge in [0.1, 0.15) is 34.8 Å². The number of methoxy groups -OCH3 is 1. The number of carbonyl (C=O) groups excluding carboxylic acids is 1. The summed E-state index contributed by atoms with van der Waals surface area (Å²) in [5, 5.41) is 14.2. The summed E-state index contributed by atoms with van der Waals surface area (Å²) >= 11 is 1.54. The van der Waals surface area contributed by atoms with Gasteiger partial charge in [0, 0.05) is 22.5 Å². The minimum atomic E-state index is 0.297. The molecule has 0 fully saturated rings. The summed E-state index contributed by atoms with van der Waals surface area (Å²) in [6, 6.07) is 14.7. The highest BCUT2D eigenvalue weighted by atomic mass is 32.1. The second-order valence-corrected chi connectivity index (χ2v) is 7.47. The summed E-state index contributed by atoms with van der Waals surface area (Å²) in [5.74, 6) is 1.69.